The van der Waals surface area contributed by atoms with E-state index in [1.54, 1.807) is 11.9 Å². The Hall–Kier alpha value is -2.10. The second-order valence-electron chi connectivity index (χ2n) is 4.15. The molecule has 1 aromatic carbocycles. The average molecular weight is 243 g/mol. The van der Waals surface area contributed by atoms with Crippen LogP contribution in [0.2, 0.25) is 0 Å². The Bertz CT molecular complexity index is 553. The zero-order valence-electron chi connectivity index (χ0n) is 10.7. The number of carbonyl (C=O) groups is 1. The summed E-state index contributed by atoms with van der Waals surface area (Å²) in [5.41, 5.74) is 0.929. The van der Waals surface area contributed by atoms with Crippen molar-refractivity contribution in [1.82, 2.24) is 9.88 Å². The summed E-state index contributed by atoms with van der Waals surface area (Å²) >= 11 is 0. The Labute approximate surface area is 107 Å². The van der Waals surface area contributed by atoms with Gasteiger partial charge >= 0.3 is 0 Å². The number of carbonyl (C=O) groups excluding carboxylic acids is 1. The number of nitrogens with zero attached hydrogens (tertiary/aromatic N) is 2. The molecule has 0 aliphatic heterocycles. The van der Waals surface area contributed by atoms with Crippen molar-refractivity contribution in [2.24, 2.45) is 0 Å². The van der Waals surface area contributed by atoms with Crippen molar-refractivity contribution in [2.45, 2.75) is 6.92 Å². The molecule has 2 aromatic rings. The molecule has 0 bridgehead atoms. The van der Waals surface area contributed by atoms with Crippen molar-refractivity contribution in [3.05, 3.63) is 36.4 Å². The first-order valence-corrected chi connectivity index (χ1v) is 6.04. The molecule has 18 heavy (non-hydrogen) atoms. The van der Waals surface area contributed by atoms with Crippen LogP contribution in [-0.2, 0) is 4.79 Å². The van der Waals surface area contributed by atoms with Crippen molar-refractivity contribution in [1.29, 1.82) is 0 Å². The van der Waals surface area contributed by atoms with Crippen molar-refractivity contribution < 1.29 is 4.79 Å². The number of para-hydroxylation sites is 1. The number of anilines is 1. The van der Waals surface area contributed by atoms with Gasteiger partial charge in [-0.05, 0) is 25.1 Å². The molecule has 0 unspecified atom stereocenters. The lowest BCUT2D eigenvalue weighted by Crippen LogP contribution is -2.32. The Kier molecular flexibility index (Phi) is 3.77. The van der Waals surface area contributed by atoms with Crippen LogP contribution >= 0.6 is 0 Å². The van der Waals surface area contributed by atoms with E-state index in [1.165, 1.54) is 0 Å². The maximum absolute atomic E-state index is 11.6. The average Bonchev–Trinajstić information content (AvgIpc) is 2.43. The predicted octanol–water partition coefficient (Wildman–Crippen LogP) is 2.12. The normalized spacial score (nSPS) is 10.3. The Morgan fingerprint density at radius 2 is 2.06 bits per heavy atom. The van der Waals surface area contributed by atoms with Gasteiger partial charge in [0.15, 0.2) is 0 Å². The number of aromatic nitrogens is 1. The highest BCUT2D eigenvalue weighted by Gasteiger charge is 2.06. The first-order chi connectivity index (χ1) is 8.70. The number of hydrogen-bond acceptors (Lipinski definition) is 3. The first-order valence-electron chi connectivity index (χ1n) is 6.04. The zero-order chi connectivity index (χ0) is 13.0. The molecule has 0 aliphatic carbocycles. The molecule has 4 heteroatoms. The molecule has 4 nitrogen and oxygen atoms in total. The molecule has 0 spiro atoms. The molecule has 0 atom stereocenters. The smallest absolute Gasteiger partial charge is 0.241 e. The molecule has 0 aliphatic rings. The minimum atomic E-state index is 0.0625. The van der Waals surface area contributed by atoms with E-state index >= 15 is 0 Å². The molecule has 94 valence electrons. The number of likely N-dealkylation sites (N-methyl/N-ethyl adjacent to an activating group) is 1. The standard InChI is InChI=1S/C14H17N3O/c1-3-17(2)14(18)10-15-13-9-8-11-6-4-5-7-12(11)16-13/h4-9H,3,10H2,1-2H3,(H,15,16). The number of benzene rings is 1. The van der Waals surface area contributed by atoms with Gasteiger partial charge in [0, 0.05) is 19.0 Å². The van der Waals surface area contributed by atoms with E-state index in [2.05, 4.69) is 10.3 Å². The van der Waals surface area contributed by atoms with E-state index in [9.17, 15) is 4.79 Å². The Morgan fingerprint density at radius 1 is 1.28 bits per heavy atom. The highest BCUT2D eigenvalue weighted by Crippen LogP contribution is 2.14. The van der Waals surface area contributed by atoms with Gasteiger partial charge < -0.3 is 10.2 Å². The highest BCUT2D eigenvalue weighted by molar-refractivity contribution is 5.82. The van der Waals surface area contributed by atoms with Crippen molar-refractivity contribution in [3.63, 3.8) is 0 Å². The van der Waals surface area contributed by atoms with Gasteiger partial charge in [0.25, 0.3) is 0 Å². The van der Waals surface area contributed by atoms with Crippen LogP contribution in [0.25, 0.3) is 10.9 Å². The summed E-state index contributed by atoms with van der Waals surface area (Å²) in [7, 11) is 1.79. The van der Waals surface area contributed by atoms with E-state index in [4.69, 9.17) is 0 Å². The van der Waals surface area contributed by atoms with E-state index in [-0.39, 0.29) is 12.5 Å². The minimum absolute atomic E-state index is 0.0625. The lowest BCUT2D eigenvalue weighted by molar-refractivity contribution is -0.127. The maximum atomic E-state index is 11.6. The van der Waals surface area contributed by atoms with Gasteiger partial charge in [-0.15, -0.1) is 0 Å². The molecule has 0 fully saturated rings. The van der Waals surface area contributed by atoms with Crippen LogP contribution in [0.15, 0.2) is 36.4 Å². The third kappa shape index (κ3) is 2.77. The fraction of sp³-hybridized carbons (Fsp3) is 0.286. The molecule has 1 N–H and O–H groups in total. The van der Waals surface area contributed by atoms with Crippen LogP contribution in [-0.4, -0.2) is 35.9 Å². The summed E-state index contributed by atoms with van der Waals surface area (Å²) in [6.45, 7) is 2.94. The number of amides is 1. The lowest BCUT2D eigenvalue weighted by atomic mass is 10.2. The van der Waals surface area contributed by atoms with Gasteiger partial charge in [0.1, 0.15) is 5.82 Å². The van der Waals surface area contributed by atoms with Crippen LogP contribution in [0.3, 0.4) is 0 Å². The van der Waals surface area contributed by atoms with Gasteiger partial charge in [-0.1, -0.05) is 18.2 Å². The van der Waals surface area contributed by atoms with Gasteiger partial charge in [-0.2, -0.15) is 0 Å². The van der Waals surface area contributed by atoms with E-state index in [1.807, 2.05) is 43.3 Å². The van der Waals surface area contributed by atoms with Crippen molar-refractivity contribution in [2.75, 3.05) is 25.5 Å². The van der Waals surface area contributed by atoms with Crippen LogP contribution in [0.5, 0.6) is 0 Å². The fourth-order valence-electron chi connectivity index (χ4n) is 1.64. The summed E-state index contributed by atoms with van der Waals surface area (Å²) in [5.74, 6) is 0.791. The molecule has 1 amide bonds. The number of hydrogen-bond donors (Lipinski definition) is 1. The van der Waals surface area contributed by atoms with Crippen LogP contribution in [0.1, 0.15) is 6.92 Å². The van der Waals surface area contributed by atoms with Crippen molar-refractivity contribution in [3.8, 4) is 0 Å². The summed E-state index contributed by atoms with van der Waals surface area (Å²) in [4.78, 5) is 17.8. The van der Waals surface area contributed by atoms with Gasteiger partial charge in [-0.25, -0.2) is 4.98 Å². The number of pyridine rings is 1. The quantitative estimate of drug-likeness (QED) is 0.894. The molecule has 0 saturated heterocycles. The van der Waals surface area contributed by atoms with Gasteiger partial charge in [0.05, 0.1) is 12.1 Å². The second kappa shape index (κ2) is 5.49. The fourth-order valence-corrected chi connectivity index (χ4v) is 1.64. The highest BCUT2D eigenvalue weighted by atomic mass is 16.2. The summed E-state index contributed by atoms with van der Waals surface area (Å²) < 4.78 is 0. The third-order valence-electron chi connectivity index (χ3n) is 2.92. The molecular formula is C14H17N3O. The van der Waals surface area contributed by atoms with E-state index in [0.717, 1.165) is 16.7 Å². The minimum Gasteiger partial charge on any atom is -0.361 e. The lowest BCUT2D eigenvalue weighted by Gasteiger charge is -2.15. The SMILES string of the molecule is CCN(C)C(=O)CNc1ccc2ccccc2n1. The molecule has 0 saturated carbocycles. The molecule has 1 aromatic heterocycles. The first kappa shape index (κ1) is 12.4. The number of rotatable bonds is 4. The zero-order valence-corrected chi connectivity index (χ0v) is 10.7. The molecule has 2 rings (SSSR count). The molecule has 0 radical (unpaired) electrons. The largest absolute Gasteiger partial charge is 0.361 e. The second-order valence-corrected chi connectivity index (χ2v) is 4.15. The van der Waals surface area contributed by atoms with Crippen LogP contribution in [0, 0.1) is 0 Å². The summed E-state index contributed by atoms with van der Waals surface area (Å²) in [6.07, 6.45) is 0. The van der Waals surface area contributed by atoms with Gasteiger partial charge in [0.2, 0.25) is 5.91 Å². The van der Waals surface area contributed by atoms with E-state index < -0.39 is 0 Å². The van der Waals surface area contributed by atoms with Crippen LogP contribution < -0.4 is 5.32 Å². The summed E-state index contributed by atoms with van der Waals surface area (Å²) in [5, 5.41) is 4.15. The maximum Gasteiger partial charge on any atom is 0.241 e. The molecule has 1 heterocycles. The molecular weight excluding hydrogens is 226 g/mol. The van der Waals surface area contributed by atoms with Crippen molar-refractivity contribution >= 4 is 22.6 Å². The summed E-state index contributed by atoms with van der Waals surface area (Å²) in [6, 6.07) is 11.8. The Balaban J connectivity index is 2.06. The van der Waals surface area contributed by atoms with Gasteiger partial charge in [-0.3, -0.25) is 4.79 Å². The Morgan fingerprint density at radius 3 is 2.83 bits per heavy atom. The number of nitrogens with one attached hydrogen (secondary N) is 1. The topological polar surface area (TPSA) is 45.2 Å². The van der Waals surface area contributed by atoms with Crippen LogP contribution in [0.4, 0.5) is 5.82 Å². The van der Waals surface area contributed by atoms with E-state index in [0.29, 0.717) is 6.54 Å². The number of fused-ring (bicyclic) bond motifs is 1. The monoisotopic (exact) mass is 243 g/mol. The third-order valence-corrected chi connectivity index (χ3v) is 2.92. The predicted molar refractivity (Wildman–Crippen MR) is 73.5 cm³/mol.